The van der Waals surface area contributed by atoms with Gasteiger partial charge >= 0.3 is 0 Å². The van der Waals surface area contributed by atoms with Crippen molar-refractivity contribution in [3.8, 4) is 11.4 Å². The fourth-order valence-corrected chi connectivity index (χ4v) is 3.04. The average molecular weight is 335 g/mol. The Bertz CT molecular complexity index is 671. The summed E-state index contributed by atoms with van der Waals surface area (Å²) in [5.41, 5.74) is 1.27. The summed E-state index contributed by atoms with van der Waals surface area (Å²) in [5, 5.41) is 0.512. The molecule has 0 saturated heterocycles. The van der Waals surface area contributed by atoms with Crippen LogP contribution in [0.15, 0.2) is 36.7 Å². The standard InChI is InChI=1S/C18H23ClN2O2/c1-12(2)21(13(3)4)18(22)14-10-15(19)16(11-17(14)23-5)20-8-6-7-9-20/h6-13H,1-5H3. The molecule has 0 aliphatic carbocycles. The van der Waals surface area contributed by atoms with Crippen molar-refractivity contribution in [1.82, 2.24) is 9.47 Å². The average Bonchev–Trinajstić information content (AvgIpc) is 3.00. The van der Waals surface area contributed by atoms with Crippen LogP contribution in [-0.2, 0) is 0 Å². The lowest BCUT2D eigenvalue weighted by molar-refractivity contribution is 0.0640. The number of nitrogens with zero attached hydrogens (tertiary/aromatic N) is 2. The second kappa shape index (κ2) is 7.09. The Hall–Kier alpha value is -1.94. The van der Waals surface area contributed by atoms with E-state index in [0.717, 1.165) is 5.69 Å². The summed E-state index contributed by atoms with van der Waals surface area (Å²) in [5.74, 6) is 0.446. The predicted octanol–water partition coefficient (Wildman–Crippen LogP) is 4.40. The van der Waals surface area contributed by atoms with Crippen LogP contribution in [0.3, 0.4) is 0 Å². The van der Waals surface area contributed by atoms with E-state index in [0.29, 0.717) is 16.3 Å². The lowest BCUT2D eigenvalue weighted by Gasteiger charge is -2.31. The largest absolute Gasteiger partial charge is 0.496 e. The van der Waals surface area contributed by atoms with E-state index in [4.69, 9.17) is 16.3 Å². The molecule has 0 unspecified atom stereocenters. The summed E-state index contributed by atoms with van der Waals surface area (Å²) in [4.78, 5) is 14.8. The minimum Gasteiger partial charge on any atom is -0.496 e. The van der Waals surface area contributed by atoms with Gasteiger partial charge in [-0.05, 0) is 45.9 Å². The lowest BCUT2D eigenvalue weighted by atomic mass is 10.1. The summed E-state index contributed by atoms with van der Waals surface area (Å²) < 4.78 is 7.34. The Morgan fingerprint density at radius 1 is 1.13 bits per heavy atom. The summed E-state index contributed by atoms with van der Waals surface area (Å²) >= 11 is 6.41. The van der Waals surface area contributed by atoms with Gasteiger partial charge in [-0.2, -0.15) is 0 Å². The number of ether oxygens (including phenoxy) is 1. The highest BCUT2D eigenvalue weighted by molar-refractivity contribution is 6.33. The maximum absolute atomic E-state index is 12.9. The molecule has 4 nitrogen and oxygen atoms in total. The molecule has 124 valence electrons. The number of benzene rings is 1. The predicted molar refractivity (Wildman–Crippen MR) is 93.8 cm³/mol. The van der Waals surface area contributed by atoms with Crippen LogP contribution >= 0.6 is 11.6 Å². The molecule has 1 heterocycles. The van der Waals surface area contributed by atoms with Gasteiger partial charge in [-0.15, -0.1) is 0 Å². The molecule has 0 fully saturated rings. The van der Waals surface area contributed by atoms with E-state index in [-0.39, 0.29) is 18.0 Å². The zero-order valence-electron chi connectivity index (χ0n) is 14.2. The van der Waals surface area contributed by atoms with Gasteiger partial charge in [-0.1, -0.05) is 11.6 Å². The molecule has 5 heteroatoms. The Kier molecular flexibility index (Phi) is 5.37. The quantitative estimate of drug-likeness (QED) is 0.812. The second-order valence-electron chi connectivity index (χ2n) is 5.99. The Morgan fingerprint density at radius 2 is 1.70 bits per heavy atom. The Balaban J connectivity index is 2.51. The molecule has 0 radical (unpaired) electrons. The van der Waals surface area contributed by atoms with Gasteiger partial charge < -0.3 is 14.2 Å². The summed E-state index contributed by atoms with van der Waals surface area (Å²) in [6.07, 6.45) is 3.80. The molecule has 0 saturated carbocycles. The lowest BCUT2D eigenvalue weighted by Crippen LogP contribution is -2.42. The minimum absolute atomic E-state index is 0.0761. The van der Waals surface area contributed by atoms with Gasteiger partial charge in [0.15, 0.2) is 0 Å². The van der Waals surface area contributed by atoms with Crippen molar-refractivity contribution in [2.24, 2.45) is 0 Å². The van der Waals surface area contributed by atoms with E-state index >= 15 is 0 Å². The molecule has 2 rings (SSSR count). The maximum atomic E-state index is 12.9. The third-order valence-corrected chi connectivity index (χ3v) is 4.03. The fraction of sp³-hybridized carbons (Fsp3) is 0.389. The smallest absolute Gasteiger partial charge is 0.258 e. The van der Waals surface area contributed by atoms with Crippen molar-refractivity contribution >= 4 is 17.5 Å². The van der Waals surface area contributed by atoms with Crippen LogP contribution in [0, 0.1) is 0 Å². The van der Waals surface area contributed by atoms with Crippen LogP contribution in [0.4, 0.5) is 0 Å². The van der Waals surface area contributed by atoms with Gasteiger partial charge in [0.1, 0.15) is 5.75 Å². The van der Waals surface area contributed by atoms with E-state index in [9.17, 15) is 4.79 Å². The molecule has 0 aliphatic heterocycles. The van der Waals surface area contributed by atoms with Gasteiger partial charge in [0.2, 0.25) is 0 Å². The van der Waals surface area contributed by atoms with Gasteiger partial charge in [-0.3, -0.25) is 4.79 Å². The van der Waals surface area contributed by atoms with Gasteiger partial charge in [-0.25, -0.2) is 0 Å². The topological polar surface area (TPSA) is 34.5 Å². The summed E-state index contributed by atoms with van der Waals surface area (Å²) in [6.45, 7) is 8.00. The second-order valence-corrected chi connectivity index (χ2v) is 6.40. The highest BCUT2D eigenvalue weighted by Crippen LogP contribution is 2.31. The van der Waals surface area contributed by atoms with Crippen LogP contribution < -0.4 is 4.74 Å². The Labute approximate surface area is 142 Å². The van der Waals surface area contributed by atoms with E-state index < -0.39 is 0 Å². The normalized spacial score (nSPS) is 11.1. The number of methoxy groups -OCH3 is 1. The highest BCUT2D eigenvalue weighted by Gasteiger charge is 2.25. The molecule has 1 amide bonds. The van der Waals surface area contributed by atoms with Crippen LogP contribution in [0.2, 0.25) is 5.02 Å². The molecule has 0 spiro atoms. The SMILES string of the molecule is COc1cc(-n2cccc2)c(Cl)cc1C(=O)N(C(C)C)C(C)C. The molecule has 1 aromatic carbocycles. The van der Waals surface area contributed by atoms with Crippen molar-refractivity contribution in [3.63, 3.8) is 0 Å². The summed E-state index contributed by atoms with van der Waals surface area (Å²) in [6, 6.07) is 7.51. The monoisotopic (exact) mass is 334 g/mol. The molecule has 2 aromatic rings. The van der Waals surface area contributed by atoms with Crippen molar-refractivity contribution in [3.05, 3.63) is 47.2 Å². The fourth-order valence-electron chi connectivity index (χ4n) is 2.78. The van der Waals surface area contributed by atoms with Crippen LogP contribution in [-0.4, -0.2) is 34.6 Å². The number of hydrogen-bond acceptors (Lipinski definition) is 2. The molecule has 0 aliphatic rings. The highest BCUT2D eigenvalue weighted by atomic mass is 35.5. The molecule has 1 aromatic heterocycles. The van der Waals surface area contributed by atoms with Gasteiger partial charge in [0, 0.05) is 30.5 Å². The van der Waals surface area contributed by atoms with Crippen molar-refractivity contribution in [2.75, 3.05) is 7.11 Å². The third kappa shape index (κ3) is 3.53. The first kappa shape index (κ1) is 17.4. The number of carbonyl (C=O) groups is 1. The minimum atomic E-state index is -0.0761. The third-order valence-electron chi connectivity index (χ3n) is 3.73. The van der Waals surface area contributed by atoms with Crippen molar-refractivity contribution < 1.29 is 9.53 Å². The molecule has 0 N–H and O–H groups in total. The first-order valence-electron chi connectivity index (χ1n) is 7.70. The number of halogens is 1. The van der Waals surface area contributed by atoms with E-state index in [1.807, 2.05) is 61.7 Å². The number of rotatable bonds is 5. The number of amides is 1. The molecule has 23 heavy (non-hydrogen) atoms. The zero-order chi connectivity index (χ0) is 17.1. The Morgan fingerprint density at radius 3 is 2.17 bits per heavy atom. The van der Waals surface area contributed by atoms with Crippen LogP contribution in [0.5, 0.6) is 5.75 Å². The molecular weight excluding hydrogens is 312 g/mol. The van der Waals surface area contributed by atoms with Crippen LogP contribution in [0.25, 0.3) is 5.69 Å². The van der Waals surface area contributed by atoms with E-state index in [1.54, 1.807) is 19.2 Å². The van der Waals surface area contributed by atoms with Crippen molar-refractivity contribution in [2.45, 2.75) is 39.8 Å². The molecular formula is C18H23ClN2O2. The first-order valence-corrected chi connectivity index (χ1v) is 8.08. The molecule has 0 bridgehead atoms. The van der Waals surface area contributed by atoms with Crippen molar-refractivity contribution in [1.29, 1.82) is 0 Å². The molecule has 0 atom stereocenters. The first-order chi connectivity index (χ1) is 10.9. The zero-order valence-corrected chi connectivity index (χ0v) is 15.0. The van der Waals surface area contributed by atoms with Gasteiger partial charge in [0.25, 0.3) is 5.91 Å². The number of carbonyl (C=O) groups excluding carboxylic acids is 1. The van der Waals surface area contributed by atoms with Gasteiger partial charge in [0.05, 0.1) is 23.4 Å². The summed E-state index contributed by atoms with van der Waals surface area (Å²) in [7, 11) is 1.56. The van der Waals surface area contributed by atoms with Crippen LogP contribution in [0.1, 0.15) is 38.1 Å². The maximum Gasteiger partial charge on any atom is 0.258 e. The number of aromatic nitrogens is 1. The number of hydrogen-bond donors (Lipinski definition) is 0. The van der Waals surface area contributed by atoms with E-state index in [1.165, 1.54) is 0 Å². The van der Waals surface area contributed by atoms with E-state index in [2.05, 4.69) is 0 Å².